The van der Waals surface area contributed by atoms with Crippen LogP contribution in [0.3, 0.4) is 0 Å². The van der Waals surface area contributed by atoms with Gasteiger partial charge in [-0.25, -0.2) is 19.5 Å². The lowest BCUT2D eigenvalue weighted by molar-refractivity contribution is 0.141. The van der Waals surface area contributed by atoms with Crippen LogP contribution in [-0.2, 0) is 0 Å². The molecule has 8 heteroatoms. The Morgan fingerprint density at radius 2 is 1.91 bits per heavy atom. The number of anilines is 2. The number of fused-ring (bicyclic) bond motifs is 2. The zero-order valence-electron chi connectivity index (χ0n) is 18.4. The average molecular weight is 430 g/mol. The van der Waals surface area contributed by atoms with E-state index < -0.39 is 0 Å². The van der Waals surface area contributed by atoms with Crippen molar-refractivity contribution in [1.82, 2.24) is 24.6 Å². The van der Waals surface area contributed by atoms with Crippen LogP contribution in [-0.4, -0.2) is 55.4 Å². The number of hydrogen-bond donors (Lipinski definition) is 1. The molecule has 1 unspecified atom stereocenters. The summed E-state index contributed by atoms with van der Waals surface area (Å²) >= 11 is 0. The fourth-order valence-electron chi connectivity index (χ4n) is 5.10. The van der Waals surface area contributed by atoms with E-state index in [0.717, 1.165) is 58.8 Å². The monoisotopic (exact) mass is 429 g/mol. The first kappa shape index (κ1) is 19.4. The molecule has 2 fully saturated rings. The first-order valence-electron chi connectivity index (χ1n) is 11.4. The van der Waals surface area contributed by atoms with Gasteiger partial charge in [0.1, 0.15) is 18.0 Å². The first-order chi connectivity index (χ1) is 15.6. The van der Waals surface area contributed by atoms with Crippen molar-refractivity contribution in [1.29, 1.82) is 0 Å². The quantitative estimate of drug-likeness (QED) is 0.535. The second kappa shape index (κ2) is 7.41. The molecular weight excluding hydrogens is 402 g/mol. The smallest absolute Gasteiger partial charge is 0.157 e. The molecule has 0 spiro atoms. The van der Waals surface area contributed by atoms with E-state index in [1.165, 1.54) is 12.0 Å². The fourth-order valence-corrected chi connectivity index (χ4v) is 5.10. The van der Waals surface area contributed by atoms with E-state index in [1.807, 2.05) is 16.8 Å². The number of aryl methyl sites for hydroxylation is 2. The van der Waals surface area contributed by atoms with E-state index in [0.29, 0.717) is 13.1 Å². The molecule has 2 aliphatic rings. The van der Waals surface area contributed by atoms with Crippen molar-refractivity contribution in [2.45, 2.75) is 45.3 Å². The number of hydrogen-bond acceptors (Lipinski definition) is 7. The largest absolute Gasteiger partial charge is 0.389 e. The molecule has 164 valence electrons. The van der Waals surface area contributed by atoms with Gasteiger partial charge in [-0.1, -0.05) is 12.1 Å². The minimum Gasteiger partial charge on any atom is -0.389 e. The molecular formula is C24H27N7O. The Morgan fingerprint density at radius 1 is 1.03 bits per heavy atom. The van der Waals surface area contributed by atoms with E-state index in [1.54, 1.807) is 6.33 Å². The first-order valence-corrected chi connectivity index (χ1v) is 11.4. The summed E-state index contributed by atoms with van der Waals surface area (Å²) in [6.07, 6.45) is 6.80. The molecule has 8 nitrogen and oxygen atoms in total. The van der Waals surface area contributed by atoms with Gasteiger partial charge < -0.3 is 14.9 Å². The summed E-state index contributed by atoms with van der Waals surface area (Å²) in [6, 6.07) is 8.49. The molecule has 0 amide bonds. The Hall–Kier alpha value is -3.26. The maximum atomic E-state index is 9.69. The highest BCUT2D eigenvalue weighted by molar-refractivity contribution is 5.92. The van der Waals surface area contributed by atoms with Gasteiger partial charge in [0.05, 0.1) is 23.4 Å². The van der Waals surface area contributed by atoms with Gasteiger partial charge in [-0.05, 0) is 44.7 Å². The van der Waals surface area contributed by atoms with Crippen LogP contribution in [0.5, 0.6) is 0 Å². The molecule has 0 saturated carbocycles. The SMILES string of the molecule is Cc1cn2nc(C3CCCCN3c3ncnc4cccc(C)c34)cc2nc1N1CC(O)C1. The van der Waals surface area contributed by atoms with Crippen LogP contribution in [0.4, 0.5) is 11.6 Å². The van der Waals surface area contributed by atoms with E-state index >= 15 is 0 Å². The number of benzene rings is 1. The summed E-state index contributed by atoms with van der Waals surface area (Å²) in [6.45, 7) is 6.40. The molecule has 2 saturated heterocycles. The molecule has 6 rings (SSSR count). The predicted octanol–water partition coefficient (Wildman–Crippen LogP) is 3.20. The number of nitrogens with zero attached hydrogens (tertiary/aromatic N) is 7. The van der Waals surface area contributed by atoms with E-state index in [2.05, 4.69) is 46.8 Å². The molecule has 2 aliphatic heterocycles. The third kappa shape index (κ3) is 3.09. The Balaban J connectivity index is 1.42. The molecule has 4 aromatic rings. The van der Waals surface area contributed by atoms with Gasteiger partial charge >= 0.3 is 0 Å². The molecule has 0 bridgehead atoms. The molecule has 1 atom stereocenters. The molecule has 3 aromatic heterocycles. The maximum absolute atomic E-state index is 9.69. The topological polar surface area (TPSA) is 82.7 Å². The van der Waals surface area contributed by atoms with Crippen molar-refractivity contribution in [3.63, 3.8) is 0 Å². The van der Waals surface area contributed by atoms with E-state index in [-0.39, 0.29) is 12.1 Å². The van der Waals surface area contributed by atoms with Gasteiger partial charge in [0.25, 0.3) is 0 Å². The Labute approximate surface area is 186 Å². The van der Waals surface area contributed by atoms with Crippen molar-refractivity contribution in [3.8, 4) is 0 Å². The molecule has 1 aromatic carbocycles. The van der Waals surface area contributed by atoms with Crippen molar-refractivity contribution >= 4 is 28.2 Å². The highest BCUT2D eigenvalue weighted by Gasteiger charge is 2.30. The van der Waals surface area contributed by atoms with Crippen LogP contribution in [0, 0.1) is 13.8 Å². The minimum absolute atomic E-state index is 0.151. The second-order valence-corrected chi connectivity index (χ2v) is 9.05. The van der Waals surface area contributed by atoms with Gasteiger partial charge in [0.2, 0.25) is 0 Å². The lowest BCUT2D eigenvalue weighted by Gasteiger charge is -2.37. The summed E-state index contributed by atoms with van der Waals surface area (Å²) in [5, 5.41) is 15.7. The number of β-amino-alcohol motifs (C(OH)–C–C–N with tert-alkyl or cyclic N) is 1. The molecule has 32 heavy (non-hydrogen) atoms. The normalized spacial score (nSPS) is 19.7. The van der Waals surface area contributed by atoms with Gasteiger partial charge in [-0.15, -0.1) is 0 Å². The summed E-state index contributed by atoms with van der Waals surface area (Å²) in [5.74, 6) is 1.93. The summed E-state index contributed by atoms with van der Waals surface area (Å²) < 4.78 is 1.89. The van der Waals surface area contributed by atoms with Crippen molar-refractivity contribution in [2.75, 3.05) is 29.4 Å². The lowest BCUT2D eigenvalue weighted by atomic mass is 9.98. The summed E-state index contributed by atoms with van der Waals surface area (Å²) in [4.78, 5) is 18.6. The van der Waals surface area contributed by atoms with Gasteiger partial charge in [0, 0.05) is 42.8 Å². The van der Waals surface area contributed by atoms with Crippen LogP contribution in [0.1, 0.15) is 42.1 Å². The second-order valence-electron chi connectivity index (χ2n) is 9.05. The number of aliphatic hydroxyl groups is 1. The van der Waals surface area contributed by atoms with Gasteiger partial charge in [-0.3, -0.25) is 0 Å². The van der Waals surface area contributed by atoms with E-state index in [9.17, 15) is 5.11 Å². The standard InChI is InChI=1S/C24H27N7O/c1-15-6-5-7-18-22(15)24(26-14-25-18)30-9-4-3-8-20(30)19-10-21-27-23(29-12-17(32)13-29)16(2)11-31(21)28-19/h5-7,10-11,14,17,20,32H,3-4,8-9,12-13H2,1-2H3. The zero-order chi connectivity index (χ0) is 21.8. The van der Waals surface area contributed by atoms with Crippen LogP contribution in [0.25, 0.3) is 16.6 Å². The molecule has 0 radical (unpaired) electrons. The Kier molecular flexibility index (Phi) is 4.50. The summed E-state index contributed by atoms with van der Waals surface area (Å²) in [7, 11) is 0. The predicted molar refractivity (Wildman–Crippen MR) is 124 cm³/mol. The lowest BCUT2D eigenvalue weighted by Crippen LogP contribution is -2.51. The highest BCUT2D eigenvalue weighted by atomic mass is 16.3. The zero-order valence-corrected chi connectivity index (χ0v) is 18.4. The van der Waals surface area contributed by atoms with Crippen LogP contribution >= 0.6 is 0 Å². The molecule has 1 N–H and O–H groups in total. The highest BCUT2D eigenvalue weighted by Crippen LogP contribution is 2.37. The number of aliphatic hydroxyl groups excluding tert-OH is 1. The number of aromatic nitrogens is 5. The number of piperidine rings is 1. The van der Waals surface area contributed by atoms with Gasteiger partial charge in [0.15, 0.2) is 5.65 Å². The van der Waals surface area contributed by atoms with Crippen LogP contribution < -0.4 is 9.80 Å². The molecule has 0 aliphatic carbocycles. The third-order valence-electron chi connectivity index (χ3n) is 6.75. The molecule has 5 heterocycles. The third-order valence-corrected chi connectivity index (χ3v) is 6.75. The van der Waals surface area contributed by atoms with Crippen molar-refractivity contribution in [3.05, 3.63) is 53.6 Å². The maximum Gasteiger partial charge on any atom is 0.157 e. The Morgan fingerprint density at radius 3 is 2.75 bits per heavy atom. The Bertz CT molecular complexity index is 1310. The van der Waals surface area contributed by atoms with Crippen molar-refractivity contribution < 1.29 is 5.11 Å². The summed E-state index contributed by atoms with van der Waals surface area (Å²) in [5.41, 5.74) is 5.11. The minimum atomic E-state index is -0.255. The van der Waals surface area contributed by atoms with Gasteiger partial charge in [-0.2, -0.15) is 5.10 Å². The number of rotatable bonds is 3. The van der Waals surface area contributed by atoms with Crippen LogP contribution in [0.2, 0.25) is 0 Å². The van der Waals surface area contributed by atoms with Crippen LogP contribution in [0.15, 0.2) is 36.8 Å². The van der Waals surface area contributed by atoms with E-state index in [4.69, 9.17) is 15.1 Å². The fraction of sp³-hybridized carbons (Fsp3) is 0.417. The van der Waals surface area contributed by atoms with Crippen molar-refractivity contribution in [2.24, 2.45) is 0 Å². The average Bonchev–Trinajstić information content (AvgIpc) is 3.19.